The standard InChI is InChI=1S/C26H23NO6/c1-18-24(16-31-22-11-13-23(14-12-22)32-17-25(28)29)27-26(33-18)20-7-9-21(10-8-20)30-15-19-5-3-2-4-6-19/h2-14H,15-17H2,1H3,(H,28,29). The normalized spacial score (nSPS) is 10.6. The first kappa shape index (κ1) is 22.0. The van der Waals surface area contributed by atoms with E-state index >= 15 is 0 Å². The molecule has 4 rings (SSSR count). The van der Waals surface area contributed by atoms with Crippen LogP contribution in [0, 0.1) is 6.92 Å². The molecular formula is C26H23NO6. The number of aromatic nitrogens is 1. The van der Waals surface area contributed by atoms with Gasteiger partial charge in [0.25, 0.3) is 0 Å². The van der Waals surface area contributed by atoms with Crippen molar-refractivity contribution in [2.24, 2.45) is 0 Å². The number of carboxylic acid groups (broad SMARTS) is 1. The Morgan fingerprint density at radius 2 is 1.39 bits per heavy atom. The molecule has 4 aromatic rings. The second kappa shape index (κ2) is 10.4. The monoisotopic (exact) mass is 445 g/mol. The Morgan fingerprint density at radius 3 is 2.03 bits per heavy atom. The molecule has 3 aromatic carbocycles. The molecule has 0 amide bonds. The predicted molar refractivity (Wildman–Crippen MR) is 121 cm³/mol. The van der Waals surface area contributed by atoms with Crippen molar-refractivity contribution in [3.05, 3.63) is 95.9 Å². The lowest BCUT2D eigenvalue weighted by molar-refractivity contribution is -0.139. The molecule has 1 N–H and O–H groups in total. The third kappa shape index (κ3) is 6.13. The minimum absolute atomic E-state index is 0.239. The maximum absolute atomic E-state index is 10.6. The molecule has 0 aliphatic heterocycles. The Hall–Kier alpha value is -4.26. The molecule has 168 valence electrons. The molecule has 0 unspecified atom stereocenters. The van der Waals surface area contributed by atoms with Gasteiger partial charge in [-0.2, -0.15) is 0 Å². The third-order valence-corrected chi connectivity index (χ3v) is 4.80. The van der Waals surface area contributed by atoms with Gasteiger partial charge in [0.15, 0.2) is 6.61 Å². The number of carboxylic acids is 1. The molecule has 0 atom stereocenters. The lowest BCUT2D eigenvalue weighted by Crippen LogP contribution is -2.09. The van der Waals surface area contributed by atoms with Crippen molar-refractivity contribution in [2.75, 3.05) is 6.61 Å². The van der Waals surface area contributed by atoms with Gasteiger partial charge in [-0.3, -0.25) is 0 Å². The Balaban J connectivity index is 1.33. The van der Waals surface area contributed by atoms with Gasteiger partial charge in [0.2, 0.25) is 5.89 Å². The van der Waals surface area contributed by atoms with Crippen LogP contribution in [0.5, 0.6) is 17.2 Å². The molecule has 1 heterocycles. The minimum atomic E-state index is -1.03. The lowest BCUT2D eigenvalue weighted by atomic mass is 10.2. The van der Waals surface area contributed by atoms with E-state index in [1.54, 1.807) is 24.3 Å². The highest BCUT2D eigenvalue weighted by molar-refractivity contribution is 5.68. The van der Waals surface area contributed by atoms with Crippen LogP contribution < -0.4 is 14.2 Å². The predicted octanol–water partition coefficient (Wildman–Crippen LogP) is 5.27. The summed E-state index contributed by atoms with van der Waals surface area (Å²) in [7, 11) is 0. The fourth-order valence-electron chi connectivity index (χ4n) is 3.05. The molecule has 0 fully saturated rings. The van der Waals surface area contributed by atoms with Gasteiger partial charge >= 0.3 is 5.97 Å². The van der Waals surface area contributed by atoms with E-state index in [0.29, 0.717) is 35.5 Å². The van der Waals surface area contributed by atoms with Crippen molar-refractivity contribution in [1.29, 1.82) is 0 Å². The summed E-state index contributed by atoms with van der Waals surface area (Å²) in [5.74, 6) is 2.00. The number of carbonyl (C=O) groups is 1. The number of hydrogen-bond acceptors (Lipinski definition) is 6. The highest BCUT2D eigenvalue weighted by Crippen LogP contribution is 2.26. The number of oxazole rings is 1. The number of benzene rings is 3. The number of aliphatic carboxylic acids is 1. The van der Waals surface area contributed by atoms with Gasteiger partial charge in [-0.15, -0.1) is 0 Å². The van der Waals surface area contributed by atoms with Crippen LogP contribution >= 0.6 is 0 Å². The third-order valence-electron chi connectivity index (χ3n) is 4.80. The number of nitrogens with zero attached hydrogens (tertiary/aromatic N) is 1. The molecule has 0 aliphatic rings. The summed E-state index contributed by atoms with van der Waals surface area (Å²) < 4.78 is 22.5. The number of ether oxygens (including phenoxy) is 3. The summed E-state index contributed by atoms with van der Waals surface area (Å²) in [5, 5.41) is 8.66. The average Bonchev–Trinajstić information content (AvgIpc) is 3.22. The summed E-state index contributed by atoms with van der Waals surface area (Å²) >= 11 is 0. The fraction of sp³-hybridized carbons (Fsp3) is 0.154. The molecule has 7 heteroatoms. The van der Waals surface area contributed by atoms with Crippen molar-refractivity contribution in [3.8, 4) is 28.7 Å². The molecule has 7 nitrogen and oxygen atoms in total. The van der Waals surface area contributed by atoms with Gasteiger partial charge in [-0.05, 0) is 61.0 Å². The number of rotatable bonds is 10. The van der Waals surface area contributed by atoms with Crippen LogP contribution in [0.1, 0.15) is 17.0 Å². The Labute approximate surface area is 191 Å². The van der Waals surface area contributed by atoms with Gasteiger partial charge in [-0.1, -0.05) is 30.3 Å². The van der Waals surface area contributed by atoms with Gasteiger partial charge < -0.3 is 23.7 Å². The number of hydrogen-bond donors (Lipinski definition) is 1. The van der Waals surface area contributed by atoms with Crippen molar-refractivity contribution < 1.29 is 28.5 Å². The average molecular weight is 445 g/mol. The van der Waals surface area contributed by atoms with E-state index in [1.165, 1.54) is 0 Å². The van der Waals surface area contributed by atoms with Crippen LogP contribution in [0.2, 0.25) is 0 Å². The second-order valence-corrected chi connectivity index (χ2v) is 7.26. The molecular weight excluding hydrogens is 422 g/mol. The maximum atomic E-state index is 10.6. The zero-order valence-corrected chi connectivity index (χ0v) is 18.1. The van der Waals surface area contributed by atoms with Crippen molar-refractivity contribution >= 4 is 5.97 Å². The fourth-order valence-corrected chi connectivity index (χ4v) is 3.05. The highest BCUT2D eigenvalue weighted by atomic mass is 16.5. The molecule has 0 radical (unpaired) electrons. The van der Waals surface area contributed by atoms with Crippen LogP contribution in [0.3, 0.4) is 0 Å². The first-order valence-corrected chi connectivity index (χ1v) is 10.4. The van der Waals surface area contributed by atoms with E-state index in [1.807, 2.05) is 61.5 Å². The quantitative estimate of drug-likeness (QED) is 0.355. The van der Waals surface area contributed by atoms with Gasteiger partial charge in [-0.25, -0.2) is 9.78 Å². The molecule has 0 saturated heterocycles. The van der Waals surface area contributed by atoms with E-state index in [0.717, 1.165) is 16.9 Å². The van der Waals surface area contributed by atoms with E-state index in [-0.39, 0.29) is 13.2 Å². The van der Waals surface area contributed by atoms with Crippen LogP contribution in [-0.2, 0) is 18.0 Å². The zero-order valence-electron chi connectivity index (χ0n) is 18.1. The van der Waals surface area contributed by atoms with E-state index in [4.69, 9.17) is 23.7 Å². The second-order valence-electron chi connectivity index (χ2n) is 7.26. The first-order chi connectivity index (χ1) is 16.1. The summed E-state index contributed by atoms with van der Waals surface area (Å²) in [6.07, 6.45) is 0. The van der Waals surface area contributed by atoms with Crippen molar-refractivity contribution in [1.82, 2.24) is 4.98 Å². The van der Waals surface area contributed by atoms with Crippen molar-refractivity contribution in [2.45, 2.75) is 20.1 Å². The lowest BCUT2D eigenvalue weighted by Gasteiger charge is -2.07. The summed E-state index contributed by atoms with van der Waals surface area (Å²) in [6.45, 7) is 2.20. The topological polar surface area (TPSA) is 91.0 Å². The SMILES string of the molecule is Cc1oc(-c2ccc(OCc3ccccc3)cc2)nc1COc1ccc(OCC(=O)O)cc1. The summed E-state index contributed by atoms with van der Waals surface area (Å²) in [6, 6.07) is 24.3. The largest absolute Gasteiger partial charge is 0.489 e. The summed E-state index contributed by atoms with van der Waals surface area (Å²) in [5.41, 5.74) is 2.65. The smallest absolute Gasteiger partial charge is 0.341 e. The van der Waals surface area contributed by atoms with E-state index in [2.05, 4.69) is 4.98 Å². The Bertz CT molecular complexity index is 1180. The molecule has 0 spiro atoms. The van der Waals surface area contributed by atoms with Crippen LogP contribution in [0.15, 0.2) is 83.3 Å². The molecule has 0 saturated carbocycles. The summed E-state index contributed by atoms with van der Waals surface area (Å²) in [4.78, 5) is 15.1. The molecule has 0 bridgehead atoms. The minimum Gasteiger partial charge on any atom is -0.489 e. The van der Waals surface area contributed by atoms with Gasteiger partial charge in [0, 0.05) is 5.56 Å². The molecule has 1 aromatic heterocycles. The first-order valence-electron chi connectivity index (χ1n) is 10.4. The van der Waals surface area contributed by atoms with E-state index in [9.17, 15) is 4.79 Å². The van der Waals surface area contributed by atoms with Crippen LogP contribution in [-0.4, -0.2) is 22.7 Å². The van der Waals surface area contributed by atoms with Gasteiger partial charge in [0.1, 0.15) is 41.9 Å². The Morgan fingerprint density at radius 1 is 0.818 bits per heavy atom. The van der Waals surface area contributed by atoms with Gasteiger partial charge in [0.05, 0.1) is 0 Å². The highest BCUT2D eigenvalue weighted by Gasteiger charge is 2.12. The van der Waals surface area contributed by atoms with Crippen LogP contribution in [0.25, 0.3) is 11.5 Å². The van der Waals surface area contributed by atoms with E-state index < -0.39 is 5.97 Å². The molecule has 33 heavy (non-hydrogen) atoms. The molecule has 0 aliphatic carbocycles. The Kier molecular flexibility index (Phi) is 6.90. The van der Waals surface area contributed by atoms with Crippen LogP contribution in [0.4, 0.5) is 0 Å². The van der Waals surface area contributed by atoms with Crippen molar-refractivity contribution in [3.63, 3.8) is 0 Å². The number of aryl methyl sites for hydroxylation is 1. The zero-order chi connectivity index (χ0) is 23.0. The maximum Gasteiger partial charge on any atom is 0.341 e.